The molecular formula is C22H24N4O3. The second kappa shape index (κ2) is 6.54. The number of rotatable bonds is 5. The summed E-state index contributed by atoms with van der Waals surface area (Å²) in [7, 11) is 0. The first-order valence-electron chi connectivity index (χ1n) is 10.2. The van der Waals surface area contributed by atoms with Crippen LogP contribution in [0.1, 0.15) is 32.1 Å². The minimum absolute atomic E-state index is 0.0870. The maximum Gasteiger partial charge on any atom is 0.240 e. The predicted octanol–water partition coefficient (Wildman–Crippen LogP) is 2.18. The zero-order valence-corrected chi connectivity index (χ0v) is 16.5. The van der Waals surface area contributed by atoms with Crippen LogP contribution in [0.3, 0.4) is 0 Å². The molecule has 1 aromatic heterocycles. The van der Waals surface area contributed by atoms with Crippen LogP contribution in [0.5, 0.6) is 0 Å². The zero-order valence-electron chi connectivity index (χ0n) is 16.5. The molecule has 2 bridgehead atoms. The van der Waals surface area contributed by atoms with Gasteiger partial charge in [-0.15, -0.1) is 0 Å². The molecule has 2 N–H and O–H groups in total. The van der Waals surface area contributed by atoms with Gasteiger partial charge >= 0.3 is 0 Å². The summed E-state index contributed by atoms with van der Waals surface area (Å²) in [6.07, 6.45) is 4.99. The van der Waals surface area contributed by atoms with E-state index >= 15 is 0 Å². The summed E-state index contributed by atoms with van der Waals surface area (Å²) in [6.45, 7) is 3.77. The quantitative estimate of drug-likeness (QED) is 0.602. The summed E-state index contributed by atoms with van der Waals surface area (Å²) in [5.74, 6) is -0.235. The van der Waals surface area contributed by atoms with Crippen molar-refractivity contribution >= 4 is 28.8 Å². The van der Waals surface area contributed by atoms with Crippen LogP contribution >= 0.6 is 0 Å². The summed E-state index contributed by atoms with van der Waals surface area (Å²) >= 11 is 0. The lowest BCUT2D eigenvalue weighted by Crippen LogP contribution is -2.43. The van der Waals surface area contributed by atoms with E-state index in [9.17, 15) is 14.4 Å². The van der Waals surface area contributed by atoms with Gasteiger partial charge in [0.25, 0.3) is 0 Å². The van der Waals surface area contributed by atoms with Gasteiger partial charge in [0.2, 0.25) is 17.7 Å². The molecule has 5 rings (SSSR count). The van der Waals surface area contributed by atoms with Gasteiger partial charge in [0, 0.05) is 0 Å². The van der Waals surface area contributed by atoms with Crippen molar-refractivity contribution in [2.45, 2.75) is 26.3 Å². The van der Waals surface area contributed by atoms with Gasteiger partial charge in [-0.2, -0.15) is 0 Å². The standard InChI is InChI=1S/C22H24N4O3/c1-11(2)19(20-23-14-5-3-4-6-15(14)24-20)25-16(27)10-26-21(28)17-12-7-8-13(9-12)18(17)22(26)29/h3-8,11-13,17-19H,9-10H2,1-2H3,(H,23,24)(H,25,27)/t12-,13+,17-,18-,19+/m0/s1. The molecule has 1 aromatic carbocycles. The molecule has 0 radical (unpaired) electrons. The Balaban J connectivity index is 1.31. The molecule has 5 atom stereocenters. The largest absolute Gasteiger partial charge is 0.344 e. The van der Waals surface area contributed by atoms with Gasteiger partial charge in [-0.05, 0) is 36.3 Å². The highest BCUT2D eigenvalue weighted by Gasteiger charge is 2.59. The Labute approximate surface area is 168 Å². The maximum absolute atomic E-state index is 12.8. The van der Waals surface area contributed by atoms with Gasteiger partial charge in [0.15, 0.2) is 0 Å². The number of nitrogens with one attached hydrogen (secondary N) is 2. The first-order valence-corrected chi connectivity index (χ1v) is 10.2. The molecule has 2 fully saturated rings. The van der Waals surface area contributed by atoms with Crippen LogP contribution in [0.25, 0.3) is 11.0 Å². The molecule has 2 heterocycles. The van der Waals surface area contributed by atoms with E-state index < -0.39 is 0 Å². The van der Waals surface area contributed by atoms with Crippen molar-refractivity contribution in [1.29, 1.82) is 0 Å². The average molecular weight is 392 g/mol. The third kappa shape index (κ3) is 2.79. The highest BCUT2D eigenvalue weighted by atomic mass is 16.2. The van der Waals surface area contributed by atoms with E-state index in [-0.39, 0.29) is 59.9 Å². The van der Waals surface area contributed by atoms with E-state index in [0.29, 0.717) is 5.82 Å². The Kier molecular flexibility index (Phi) is 4.08. The minimum atomic E-state index is -0.342. The number of amides is 3. The fraction of sp³-hybridized carbons (Fsp3) is 0.455. The number of para-hydroxylation sites is 2. The number of aromatic nitrogens is 2. The Morgan fingerprint density at radius 2 is 1.83 bits per heavy atom. The smallest absolute Gasteiger partial charge is 0.240 e. The molecule has 150 valence electrons. The van der Waals surface area contributed by atoms with E-state index in [2.05, 4.69) is 27.4 Å². The lowest BCUT2D eigenvalue weighted by molar-refractivity contribution is -0.144. The van der Waals surface area contributed by atoms with Crippen LogP contribution < -0.4 is 5.32 Å². The molecular weight excluding hydrogens is 368 g/mol. The van der Waals surface area contributed by atoms with Crippen molar-refractivity contribution in [3.63, 3.8) is 0 Å². The number of benzene rings is 1. The SMILES string of the molecule is CC(C)[C@@H](NC(=O)CN1C(=O)[C@@H]2[C@@H](C1=O)[C@H]1C=C[C@@H]2C1)c1nc2ccccc2[nH]1. The van der Waals surface area contributed by atoms with Crippen molar-refractivity contribution < 1.29 is 14.4 Å². The van der Waals surface area contributed by atoms with Crippen LogP contribution in [0.2, 0.25) is 0 Å². The fourth-order valence-corrected chi connectivity index (χ4v) is 5.15. The minimum Gasteiger partial charge on any atom is -0.344 e. The molecule has 1 saturated heterocycles. The molecule has 0 unspecified atom stereocenters. The normalized spacial score (nSPS) is 28.6. The number of aromatic amines is 1. The van der Waals surface area contributed by atoms with Crippen LogP contribution in [0.4, 0.5) is 0 Å². The molecule has 2 aromatic rings. The van der Waals surface area contributed by atoms with Gasteiger partial charge in [-0.1, -0.05) is 38.1 Å². The van der Waals surface area contributed by atoms with E-state index in [0.717, 1.165) is 22.4 Å². The second-order valence-electron chi connectivity index (χ2n) is 8.69. The number of allylic oxidation sites excluding steroid dienone is 2. The number of carbonyl (C=O) groups is 3. The first-order chi connectivity index (χ1) is 13.9. The Morgan fingerprint density at radius 3 is 2.45 bits per heavy atom. The molecule has 7 nitrogen and oxygen atoms in total. The number of hydrogen-bond donors (Lipinski definition) is 2. The number of hydrogen-bond acceptors (Lipinski definition) is 4. The van der Waals surface area contributed by atoms with E-state index in [1.807, 2.05) is 38.1 Å². The fourth-order valence-electron chi connectivity index (χ4n) is 5.15. The predicted molar refractivity (Wildman–Crippen MR) is 106 cm³/mol. The number of fused-ring (bicyclic) bond motifs is 6. The van der Waals surface area contributed by atoms with Crippen molar-refractivity contribution in [2.75, 3.05) is 6.54 Å². The number of imidazole rings is 1. The monoisotopic (exact) mass is 392 g/mol. The van der Waals surface area contributed by atoms with Crippen molar-refractivity contribution in [2.24, 2.45) is 29.6 Å². The van der Waals surface area contributed by atoms with E-state index in [4.69, 9.17) is 0 Å². The van der Waals surface area contributed by atoms with Gasteiger partial charge in [0.05, 0.1) is 28.9 Å². The summed E-state index contributed by atoms with van der Waals surface area (Å²) < 4.78 is 0. The van der Waals surface area contributed by atoms with Crippen molar-refractivity contribution in [3.05, 3.63) is 42.2 Å². The molecule has 0 spiro atoms. The van der Waals surface area contributed by atoms with Gasteiger partial charge in [0.1, 0.15) is 12.4 Å². The van der Waals surface area contributed by atoms with Crippen molar-refractivity contribution in [3.8, 4) is 0 Å². The van der Waals surface area contributed by atoms with Crippen LogP contribution in [0, 0.1) is 29.6 Å². The summed E-state index contributed by atoms with van der Waals surface area (Å²) in [5, 5.41) is 2.97. The average Bonchev–Trinajstić information content (AvgIpc) is 3.45. The number of likely N-dealkylation sites (tertiary alicyclic amines) is 1. The first kappa shape index (κ1) is 18.1. The molecule has 1 saturated carbocycles. The maximum atomic E-state index is 12.8. The summed E-state index contributed by atoms with van der Waals surface area (Å²) in [5.41, 5.74) is 1.74. The Hall–Kier alpha value is -2.96. The number of imide groups is 1. The third-order valence-corrected chi connectivity index (χ3v) is 6.55. The van der Waals surface area contributed by atoms with Crippen LogP contribution in [-0.2, 0) is 14.4 Å². The topological polar surface area (TPSA) is 95.2 Å². The lowest BCUT2D eigenvalue weighted by atomic mass is 9.85. The third-order valence-electron chi connectivity index (χ3n) is 6.55. The highest BCUT2D eigenvalue weighted by molar-refractivity contribution is 6.08. The van der Waals surface area contributed by atoms with E-state index in [1.54, 1.807) is 0 Å². The van der Waals surface area contributed by atoms with Crippen molar-refractivity contribution in [1.82, 2.24) is 20.2 Å². The number of carbonyl (C=O) groups excluding carboxylic acids is 3. The molecule has 3 aliphatic rings. The van der Waals surface area contributed by atoms with Gasteiger partial charge in [-0.25, -0.2) is 4.98 Å². The zero-order chi connectivity index (χ0) is 20.3. The molecule has 1 aliphatic heterocycles. The molecule has 29 heavy (non-hydrogen) atoms. The van der Waals surface area contributed by atoms with Crippen LogP contribution in [-0.4, -0.2) is 39.1 Å². The summed E-state index contributed by atoms with van der Waals surface area (Å²) in [4.78, 5) is 47.4. The van der Waals surface area contributed by atoms with Gasteiger partial charge in [-0.3, -0.25) is 19.3 Å². The summed E-state index contributed by atoms with van der Waals surface area (Å²) in [6, 6.07) is 7.36. The number of H-pyrrole nitrogens is 1. The highest BCUT2D eigenvalue weighted by Crippen LogP contribution is 2.52. The Morgan fingerprint density at radius 1 is 1.17 bits per heavy atom. The molecule has 2 aliphatic carbocycles. The van der Waals surface area contributed by atoms with Crippen LogP contribution in [0.15, 0.2) is 36.4 Å². The second-order valence-corrected chi connectivity index (χ2v) is 8.69. The Bertz CT molecular complexity index is 977. The molecule has 3 amide bonds. The molecule has 7 heteroatoms. The number of nitrogens with zero attached hydrogens (tertiary/aromatic N) is 2. The van der Waals surface area contributed by atoms with E-state index in [1.165, 1.54) is 0 Å². The van der Waals surface area contributed by atoms with Gasteiger partial charge < -0.3 is 10.3 Å². The lowest BCUT2D eigenvalue weighted by Gasteiger charge is -2.22.